The van der Waals surface area contributed by atoms with E-state index in [1.165, 1.54) is 0 Å². The second-order valence-electron chi connectivity index (χ2n) is 3.63. The van der Waals surface area contributed by atoms with Crippen LogP contribution in [0, 0.1) is 0 Å². The summed E-state index contributed by atoms with van der Waals surface area (Å²) in [7, 11) is 0. The molecule has 0 saturated carbocycles. The van der Waals surface area contributed by atoms with Crippen molar-refractivity contribution in [2.75, 3.05) is 29.0 Å². The van der Waals surface area contributed by atoms with Crippen LogP contribution in [0.3, 0.4) is 0 Å². The first-order valence-corrected chi connectivity index (χ1v) is 6.73. The number of hydrogen-bond acceptors (Lipinski definition) is 7. The third-order valence-corrected chi connectivity index (χ3v) is 3.15. The van der Waals surface area contributed by atoms with Gasteiger partial charge >= 0.3 is 0 Å². The Bertz CT molecular complexity index is 494. The molecule has 7 heteroatoms. The van der Waals surface area contributed by atoms with Crippen molar-refractivity contribution in [3.8, 4) is 0 Å². The van der Waals surface area contributed by atoms with Crippen LogP contribution < -0.4 is 16.0 Å². The van der Waals surface area contributed by atoms with Crippen LogP contribution in [0.25, 0.3) is 0 Å². The van der Waals surface area contributed by atoms with Crippen molar-refractivity contribution in [3.63, 3.8) is 0 Å². The van der Waals surface area contributed by atoms with Crippen LogP contribution in [0.1, 0.15) is 13.8 Å². The number of nitrogens with two attached hydrogens (primary N) is 1. The molecule has 0 unspecified atom stereocenters. The van der Waals surface area contributed by atoms with Crippen LogP contribution in [-0.4, -0.2) is 28.0 Å². The molecule has 0 aliphatic rings. The van der Waals surface area contributed by atoms with Gasteiger partial charge in [-0.2, -0.15) is 26.3 Å². The van der Waals surface area contributed by atoms with E-state index in [2.05, 4.69) is 34.1 Å². The Labute approximate surface area is 110 Å². The lowest BCUT2D eigenvalue weighted by atomic mass is 10.5. The molecule has 0 spiro atoms. The van der Waals surface area contributed by atoms with Crippen LogP contribution >= 0.6 is 11.3 Å². The summed E-state index contributed by atoms with van der Waals surface area (Å²) in [6.07, 6.45) is 0. The summed E-state index contributed by atoms with van der Waals surface area (Å²) in [6.45, 7) is 5.76. The van der Waals surface area contributed by atoms with E-state index in [9.17, 15) is 0 Å². The number of thiophene rings is 1. The van der Waals surface area contributed by atoms with Gasteiger partial charge in [-0.05, 0) is 25.3 Å². The first-order chi connectivity index (χ1) is 8.72. The van der Waals surface area contributed by atoms with E-state index in [4.69, 9.17) is 5.73 Å². The van der Waals surface area contributed by atoms with E-state index >= 15 is 0 Å². The molecule has 96 valence electrons. The first-order valence-electron chi connectivity index (χ1n) is 5.78. The second kappa shape index (κ2) is 5.63. The predicted octanol–water partition coefficient (Wildman–Crippen LogP) is 2.11. The van der Waals surface area contributed by atoms with Crippen molar-refractivity contribution in [3.05, 3.63) is 16.8 Å². The third-order valence-electron chi connectivity index (χ3n) is 2.46. The highest BCUT2D eigenvalue weighted by Crippen LogP contribution is 2.18. The summed E-state index contributed by atoms with van der Waals surface area (Å²) in [5.41, 5.74) is 6.66. The maximum atomic E-state index is 5.71. The fraction of sp³-hybridized carbons (Fsp3) is 0.364. The summed E-state index contributed by atoms with van der Waals surface area (Å²) in [5.74, 6) is 1.30. The number of nitrogen functional groups attached to an aromatic ring is 1. The van der Waals surface area contributed by atoms with Gasteiger partial charge in [-0.15, -0.1) is 0 Å². The Morgan fingerprint density at radius 2 is 2.06 bits per heavy atom. The van der Waals surface area contributed by atoms with Gasteiger partial charge in [-0.1, -0.05) is 0 Å². The number of anilines is 4. The van der Waals surface area contributed by atoms with E-state index in [0.717, 1.165) is 18.8 Å². The molecule has 2 rings (SSSR count). The quantitative estimate of drug-likeness (QED) is 0.861. The zero-order chi connectivity index (χ0) is 13.0. The molecule has 6 nitrogen and oxygen atoms in total. The van der Waals surface area contributed by atoms with E-state index in [1.807, 2.05) is 21.7 Å². The maximum absolute atomic E-state index is 5.71. The Morgan fingerprint density at radius 1 is 1.28 bits per heavy atom. The van der Waals surface area contributed by atoms with E-state index in [1.54, 1.807) is 11.3 Å². The summed E-state index contributed by atoms with van der Waals surface area (Å²) in [4.78, 5) is 14.6. The average Bonchev–Trinajstić information content (AvgIpc) is 2.83. The van der Waals surface area contributed by atoms with Gasteiger partial charge in [0.2, 0.25) is 17.8 Å². The Balaban J connectivity index is 2.26. The fourth-order valence-electron chi connectivity index (χ4n) is 1.55. The number of rotatable bonds is 5. The van der Waals surface area contributed by atoms with Crippen molar-refractivity contribution in [2.24, 2.45) is 0 Å². The maximum Gasteiger partial charge on any atom is 0.233 e. The molecule has 0 aliphatic heterocycles. The van der Waals surface area contributed by atoms with Crippen molar-refractivity contribution in [1.82, 2.24) is 15.0 Å². The molecule has 0 atom stereocenters. The monoisotopic (exact) mass is 264 g/mol. The van der Waals surface area contributed by atoms with Crippen molar-refractivity contribution in [1.29, 1.82) is 0 Å². The third kappa shape index (κ3) is 2.86. The number of nitrogens with one attached hydrogen (secondary N) is 1. The molecule has 0 amide bonds. The first kappa shape index (κ1) is 12.6. The van der Waals surface area contributed by atoms with Crippen molar-refractivity contribution >= 4 is 34.9 Å². The van der Waals surface area contributed by atoms with Gasteiger partial charge in [0.05, 0.1) is 5.69 Å². The molecular weight excluding hydrogens is 248 g/mol. The lowest BCUT2D eigenvalue weighted by Gasteiger charge is -2.18. The molecule has 3 N–H and O–H groups in total. The highest BCUT2D eigenvalue weighted by Gasteiger charge is 2.09. The Hall–Kier alpha value is -1.89. The van der Waals surface area contributed by atoms with E-state index < -0.39 is 0 Å². The van der Waals surface area contributed by atoms with Crippen LogP contribution in [0.15, 0.2) is 16.8 Å². The van der Waals surface area contributed by atoms with Gasteiger partial charge < -0.3 is 16.0 Å². The minimum absolute atomic E-state index is 0.227. The molecule has 18 heavy (non-hydrogen) atoms. The number of nitrogens with zero attached hydrogens (tertiary/aromatic N) is 4. The molecule has 0 aromatic carbocycles. The molecule has 0 saturated heterocycles. The summed E-state index contributed by atoms with van der Waals surface area (Å²) in [6, 6.07) is 1.96. The van der Waals surface area contributed by atoms with Crippen LogP contribution in [0.4, 0.5) is 23.5 Å². The molecular formula is C11H16N6S. The Morgan fingerprint density at radius 3 is 2.67 bits per heavy atom. The van der Waals surface area contributed by atoms with Crippen molar-refractivity contribution < 1.29 is 0 Å². The minimum atomic E-state index is 0.227. The molecule has 2 aromatic heterocycles. The SMILES string of the molecule is CCN(CC)c1nc(N)nc(Nc2ccsc2)n1. The van der Waals surface area contributed by atoms with Crippen LogP contribution in [0.2, 0.25) is 0 Å². The zero-order valence-electron chi connectivity index (χ0n) is 10.4. The smallest absolute Gasteiger partial charge is 0.233 e. The average molecular weight is 264 g/mol. The highest BCUT2D eigenvalue weighted by atomic mass is 32.1. The van der Waals surface area contributed by atoms with Crippen molar-refractivity contribution in [2.45, 2.75) is 13.8 Å². The molecule has 2 aromatic rings. The number of aromatic nitrogens is 3. The van der Waals surface area contributed by atoms with Gasteiger partial charge in [0, 0.05) is 18.5 Å². The van der Waals surface area contributed by atoms with Gasteiger partial charge in [-0.25, -0.2) is 0 Å². The second-order valence-corrected chi connectivity index (χ2v) is 4.41. The minimum Gasteiger partial charge on any atom is -0.368 e. The zero-order valence-corrected chi connectivity index (χ0v) is 11.2. The number of hydrogen-bond donors (Lipinski definition) is 2. The van der Waals surface area contributed by atoms with Gasteiger partial charge in [0.1, 0.15) is 0 Å². The molecule has 2 heterocycles. The van der Waals surface area contributed by atoms with E-state index in [0.29, 0.717) is 11.9 Å². The van der Waals surface area contributed by atoms with Gasteiger partial charge in [0.15, 0.2) is 0 Å². The molecule has 0 radical (unpaired) electrons. The predicted molar refractivity (Wildman–Crippen MR) is 75.4 cm³/mol. The van der Waals surface area contributed by atoms with E-state index in [-0.39, 0.29) is 5.95 Å². The summed E-state index contributed by atoms with van der Waals surface area (Å²) >= 11 is 1.61. The lowest BCUT2D eigenvalue weighted by Crippen LogP contribution is -2.25. The lowest BCUT2D eigenvalue weighted by molar-refractivity contribution is 0.816. The molecule has 0 aliphatic carbocycles. The van der Waals surface area contributed by atoms with Crippen LogP contribution in [0.5, 0.6) is 0 Å². The molecule has 0 fully saturated rings. The highest BCUT2D eigenvalue weighted by molar-refractivity contribution is 7.08. The molecule has 0 bridgehead atoms. The fourth-order valence-corrected chi connectivity index (χ4v) is 2.14. The van der Waals surface area contributed by atoms with Gasteiger partial charge in [0.25, 0.3) is 0 Å². The largest absolute Gasteiger partial charge is 0.368 e. The van der Waals surface area contributed by atoms with Gasteiger partial charge in [-0.3, -0.25) is 0 Å². The normalized spacial score (nSPS) is 10.3. The summed E-state index contributed by atoms with van der Waals surface area (Å²) in [5, 5.41) is 7.08. The Kier molecular flexibility index (Phi) is 3.93. The topological polar surface area (TPSA) is 80.0 Å². The summed E-state index contributed by atoms with van der Waals surface area (Å²) < 4.78 is 0. The van der Waals surface area contributed by atoms with Crippen LogP contribution in [-0.2, 0) is 0 Å². The standard InChI is InChI=1S/C11H16N6S/c1-3-17(4-2)11-15-9(12)14-10(16-11)13-8-5-6-18-7-8/h5-7H,3-4H2,1-2H3,(H3,12,13,14,15,16).